The molecule has 13 heavy (non-hydrogen) atoms. The van der Waals surface area contributed by atoms with Gasteiger partial charge in [0, 0.05) is 29.4 Å². The fourth-order valence-electron chi connectivity index (χ4n) is 0.763. The summed E-state index contributed by atoms with van der Waals surface area (Å²) in [5.74, 6) is 0. The molecule has 0 unspecified atom stereocenters. The molecule has 0 fully saturated rings. The van der Waals surface area contributed by atoms with Crippen LogP contribution in [0.5, 0.6) is 0 Å². The number of aliphatic hydroxyl groups is 5. The van der Waals surface area contributed by atoms with Crippen molar-refractivity contribution in [3.8, 4) is 0 Å². The lowest BCUT2D eigenvalue weighted by Crippen LogP contribution is -2.48. The Labute approximate surface area is 89.7 Å². The Morgan fingerprint density at radius 3 is 1.85 bits per heavy atom. The molecule has 0 aromatic carbocycles. The van der Waals surface area contributed by atoms with Crippen LogP contribution in [0, 0.1) is 0 Å². The summed E-state index contributed by atoms with van der Waals surface area (Å²) in [7, 11) is 0. The van der Waals surface area contributed by atoms with Crippen LogP contribution < -0.4 is 3.53 Å². The highest BCUT2D eigenvalue weighted by molar-refractivity contribution is 14.1. The van der Waals surface area contributed by atoms with Crippen molar-refractivity contribution in [3.63, 3.8) is 0 Å². The maximum atomic E-state index is 9.20. The highest BCUT2D eigenvalue weighted by atomic mass is 127. The molecule has 7 heteroatoms. The molecule has 0 heterocycles. The van der Waals surface area contributed by atoms with Gasteiger partial charge in [-0.25, -0.2) is 0 Å². The minimum atomic E-state index is -1.55. The van der Waals surface area contributed by atoms with E-state index in [0.29, 0.717) is 0 Å². The first-order chi connectivity index (χ1) is 6.04. The van der Waals surface area contributed by atoms with Crippen molar-refractivity contribution < 1.29 is 25.5 Å². The predicted octanol–water partition coefficient (Wildman–Crippen LogP) is -2.64. The third-order valence-electron chi connectivity index (χ3n) is 1.61. The van der Waals surface area contributed by atoms with Gasteiger partial charge in [-0.05, 0) is 0 Å². The lowest BCUT2D eigenvalue weighted by atomic mass is 10.0. The molecule has 0 saturated carbocycles. The highest BCUT2D eigenvalue weighted by Crippen LogP contribution is 2.04. The Morgan fingerprint density at radius 1 is 1.00 bits per heavy atom. The third-order valence-corrected chi connectivity index (χ3v) is 2.05. The van der Waals surface area contributed by atoms with Crippen LogP contribution in [0.4, 0.5) is 0 Å². The first-order valence-electron chi connectivity index (χ1n) is 3.71. The van der Waals surface area contributed by atoms with Crippen LogP contribution in [-0.2, 0) is 0 Å². The van der Waals surface area contributed by atoms with Crippen molar-refractivity contribution >= 4 is 22.9 Å². The summed E-state index contributed by atoms with van der Waals surface area (Å²) in [6, 6.07) is 0. The van der Waals surface area contributed by atoms with Gasteiger partial charge in [-0.15, -0.1) is 0 Å². The van der Waals surface area contributed by atoms with E-state index in [9.17, 15) is 5.11 Å². The maximum absolute atomic E-state index is 9.20. The standard InChI is InChI=1S/C6H14INO5/c7-8-1-3(10)5(12)6(13)4(11)2-9/h3-6,8-13H,1-2H2/t3-,4+,5+,6+/m0/s1. The number of hydrogen-bond acceptors (Lipinski definition) is 6. The minimum absolute atomic E-state index is 0.0803. The predicted molar refractivity (Wildman–Crippen MR) is 53.1 cm³/mol. The van der Waals surface area contributed by atoms with Gasteiger partial charge in [-0.2, -0.15) is 0 Å². The van der Waals surface area contributed by atoms with Crippen LogP contribution in [0.2, 0.25) is 0 Å². The van der Waals surface area contributed by atoms with Crippen molar-refractivity contribution in [2.24, 2.45) is 0 Å². The summed E-state index contributed by atoms with van der Waals surface area (Å²) >= 11 is 1.77. The molecule has 0 rings (SSSR count). The van der Waals surface area contributed by atoms with E-state index in [-0.39, 0.29) is 6.54 Å². The summed E-state index contributed by atoms with van der Waals surface area (Å²) in [6.07, 6.45) is -5.67. The molecule has 6 N–H and O–H groups in total. The van der Waals surface area contributed by atoms with Gasteiger partial charge in [-0.3, -0.25) is 3.53 Å². The largest absolute Gasteiger partial charge is 0.394 e. The molecule has 0 aliphatic rings. The van der Waals surface area contributed by atoms with E-state index in [1.165, 1.54) is 0 Å². The van der Waals surface area contributed by atoms with Gasteiger partial charge in [0.25, 0.3) is 0 Å². The van der Waals surface area contributed by atoms with Crippen LogP contribution in [0.3, 0.4) is 0 Å². The van der Waals surface area contributed by atoms with E-state index in [0.717, 1.165) is 0 Å². The van der Waals surface area contributed by atoms with Crippen LogP contribution in [0.25, 0.3) is 0 Å². The van der Waals surface area contributed by atoms with Crippen LogP contribution in [-0.4, -0.2) is 63.1 Å². The average Bonchev–Trinajstić information content (AvgIpc) is 2.14. The van der Waals surface area contributed by atoms with Crippen molar-refractivity contribution in [1.82, 2.24) is 3.53 Å². The van der Waals surface area contributed by atoms with Crippen molar-refractivity contribution in [2.75, 3.05) is 13.2 Å². The van der Waals surface area contributed by atoms with E-state index in [1.54, 1.807) is 22.9 Å². The van der Waals surface area contributed by atoms with Gasteiger partial charge in [0.1, 0.15) is 18.3 Å². The normalized spacial score (nSPS) is 20.8. The molecule has 0 aromatic heterocycles. The fourth-order valence-corrected chi connectivity index (χ4v) is 1.21. The summed E-state index contributed by atoms with van der Waals surface area (Å²) in [4.78, 5) is 0. The topological polar surface area (TPSA) is 113 Å². The first-order valence-corrected chi connectivity index (χ1v) is 4.79. The number of aliphatic hydroxyl groups excluding tert-OH is 5. The van der Waals surface area contributed by atoms with Crippen LogP contribution in [0.15, 0.2) is 0 Å². The van der Waals surface area contributed by atoms with E-state index >= 15 is 0 Å². The number of rotatable bonds is 6. The van der Waals surface area contributed by atoms with Crippen LogP contribution >= 0.6 is 22.9 Å². The second-order valence-electron chi connectivity index (χ2n) is 2.64. The molecule has 0 saturated heterocycles. The molecule has 0 spiro atoms. The fraction of sp³-hybridized carbons (Fsp3) is 1.00. The van der Waals surface area contributed by atoms with Gasteiger partial charge in [-0.1, -0.05) is 0 Å². The molecule has 0 aliphatic heterocycles. The lowest BCUT2D eigenvalue weighted by molar-refractivity contribution is -0.112. The molecule has 0 amide bonds. The minimum Gasteiger partial charge on any atom is -0.394 e. The van der Waals surface area contributed by atoms with E-state index < -0.39 is 31.0 Å². The first kappa shape index (κ1) is 13.5. The quantitative estimate of drug-likeness (QED) is 0.236. The maximum Gasteiger partial charge on any atom is 0.111 e. The highest BCUT2D eigenvalue weighted by Gasteiger charge is 2.29. The number of halogens is 1. The van der Waals surface area contributed by atoms with E-state index in [2.05, 4.69) is 3.53 Å². The van der Waals surface area contributed by atoms with E-state index in [1.807, 2.05) is 0 Å². The van der Waals surface area contributed by atoms with E-state index in [4.69, 9.17) is 20.4 Å². The summed E-state index contributed by atoms with van der Waals surface area (Å²) in [5.41, 5.74) is 0. The van der Waals surface area contributed by atoms with Crippen molar-refractivity contribution in [1.29, 1.82) is 0 Å². The molecule has 80 valence electrons. The lowest BCUT2D eigenvalue weighted by Gasteiger charge is -2.25. The Kier molecular flexibility index (Phi) is 7.13. The van der Waals surface area contributed by atoms with Gasteiger partial charge in [0.05, 0.1) is 12.7 Å². The Balaban J connectivity index is 3.99. The molecule has 6 nitrogen and oxygen atoms in total. The molecule has 4 atom stereocenters. The summed E-state index contributed by atoms with van der Waals surface area (Å²) < 4.78 is 2.56. The zero-order valence-electron chi connectivity index (χ0n) is 6.84. The smallest absolute Gasteiger partial charge is 0.111 e. The SMILES string of the molecule is OC[C@@H](O)[C@@H](O)[C@H](O)[C@@H](O)CNI. The van der Waals surface area contributed by atoms with Gasteiger partial charge >= 0.3 is 0 Å². The summed E-state index contributed by atoms with van der Waals surface area (Å²) in [5, 5.41) is 44.9. The monoisotopic (exact) mass is 307 g/mol. The molecule has 0 bridgehead atoms. The zero-order valence-corrected chi connectivity index (χ0v) is 9.00. The van der Waals surface area contributed by atoms with Gasteiger partial charge in [0.2, 0.25) is 0 Å². The Hall–Kier alpha value is 0.490. The second-order valence-corrected chi connectivity index (χ2v) is 3.40. The molecule has 0 aliphatic carbocycles. The Morgan fingerprint density at radius 2 is 1.46 bits per heavy atom. The number of nitrogens with one attached hydrogen (secondary N) is 1. The van der Waals surface area contributed by atoms with Gasteiger partial charge in [0.15, 0.2) is 0 Å². The third kappa shape index (κ3) is 4.49. The van der Waals surface area contributed by atoms with Crippen molar-refractivity contribution in [2.45, 2.75) is 24.4 Å². The van der Waals surface area contributed by atoms with Crippen LogP contribution in [0.1, 0.15) is 0 Å². The molecule has 0 radical (unpaired) electrons. The van der Waals surface area contributed by atoms with Crippen molar-refractivity contribution in [3.05, 3.63) is 0 Å². The average molecular weight is 307 g/mol. The van der Waals surface area contributed by atoms with Gasteiger partial charge < -0.3 is 25.5 Å². The molecular weight excluding hydrogens is 293 g/mol. The Bertz CT molecular complexity index is 138. The molecule has 0 aromatic rings. The molecular formula is C6H14INO5. The zero-order chi connectivity index (χ0) is 10.4. The number of hydrogen-bond donors (Lipinski definition) is 6. The second kappa shape index (κ2) is 6.87. The summed E-state index contributed by atoms with van der Waals surface area (Å²) in [6.45, 7) is -0.584.